The second-order valence-electron chi connectivity index (χ2n) is 6.68. The Kier molecular flexibility index (Phi) is 5.70. The standard InChI is InChI=1S/C21H25N3O/c1-17-3-8-21(25-2)20(13-17)16-24-11-9-23(10-12-24)15-19-6-4-18(14-22)5-7-19/h3-8,13H,9-12,15-16H2,1-2H3. The van der Waals surface area contributed by atoms with Gasteiger partial charge in [0.05, 0.1) is 18.7 Å². The first kappa shape index (κ1) is 17.5. The number of ether oxygens (including phenoxy) is 1. The Labute approximate surface area is 150 Å². The average molecular weight is 335 g/mol. The molecule has 4 nitrogen and oxygen atoms in total. The van der Waals surface area contributed by atoms with Gasteiger partial charge in [0.1, 0.15) is 5.75 Å². The van der Waals surface area contributed by atoms with E-state index in [1.807, 2.05) is 12.1 Å². The number of aryl methyl sites for hydroxylation is 1. The maximum Gasteiger partial charge on any atom is 0.123 e. The average Bonchev–Trinajstić information content (AvgIpc) is 2.64. The van der Waals surface area contributed by atoms with Gasteiger partial charge < -0.3 is 4.74 Å². The predicted octanol–water partition coefficient (Wildman–Crippen LogP) is 3.19. The minimum Gasteiger partial charge on any atom is -0.496 e. The normalized spacial score (nSPS) is 15.7. The van der Waals surface area contributed by atoms with Crippen LogP contribution in [-0.4, -0.2) is 43.1 Å². The molecule has 130 valence electrons. The second kappa shape index (κ2) is 8.15. The Hall–Kier alpha value is -2.35. The van der Waals surface area contributed by atoms with Crippen LogP contribution in [0.25, 0.3) is 0 Å². The summed E-state index contributed by atoms with van der Waals surface area (Å²) in [5, 5.41) is 8.88. The van der Waals surface area contributed by atoms with Crippen LogP contribution in [0.3, 0.4) is 0 Å². The molecule has 2 aromatic carbocycles. The third-order valence-electron chi connectivity index (χ3n) is 4.78. The van der Waals surface area contributed by atoms with Crippen molar-refractivity contribution >= 4 is 0 Å². The molecule has 4 heteroatoms. The molecule has 1 aliphatic rings. The molecule has 0 unspecified atom stereocenters. The van der Waals surface area contributed by atoms with E-state index >= 15 is 0 Å². The van der Waals surface area contributed by atoms with Crippen molar-refractivity contribution in [3.8, 4) is 11.8 Å². The number of piperazine rings is 1. The van der Waals surface area contributed by atoms with Gasteiger partial charge in [-0.25, -0.2) is 0 Å². The number of methoxy groups -OCH3 is 1. The molecule has 0 saturated carbocycles. The molecule has 0 amide bonds. The van der Waals surface area contributed by atoms with Crippen LogP contribution in [-0.2, 0) is 13.1 Å². The van der Waals surface area contributed by atoms with Crippen molar-refractivity contribution in [2.24, 2.45) is 0 Å². The molecule has 0 bridgehead atoms. The predicted molar refractivity (Wildman–Crippen MR) is 99.4 cm³/mol. The molecule has 3 rings (SSSR count). The molecule has 2 aromatic rings. The summed E-state index contributed by atoms with van der Waals surface area (Å²) in [6.45, 7) is 8.27. The molecule has 1 aliphatic heterocycles. The molecule has 1 fully saturated rings. The van der Waals surface area contributed by atoms with Gasteiger partial charge in [0.15, 0.2) is 0 Å². The van der Waals surface area contributed by atoms with E-state index in [1.165, 1.54) is 16.7 Å². The van der Waals surface area contributed by atoms with Gasteiger partial charge in [0.2, 0.25) is 0 Å². The first-order valence-electron chi connectivity index (χ1n) is 8.75. The van der Waals surface area contributed by atoms with E-state index in [-0.39, 0.29) is 0 Å². The van der Waals surface area contributed by atoms with Crippen LogP contribution in [0.15, 0.2) is 42.5 Å². The highest BCUT2D eigenvalue weighted by atomic mass is 16.5. The van der Waals surface area contributed by atoms with Crippen molar-refractivity contribution in [1.82, 2.24) is 9.80 Å². The first-order chi connectivity index (χ1) is 12.2. The topological polar surface area (TPSA) is 39.5 Å². The van der Waals surface area contributed by atoms with Gasteiger partial charge in [0.25, 0.3) is 0 Å². The lowest BCUT2D eigenvalue weighted by Crippen LogP contribution is -2.45. The summed E-state index contributed by atoms with van der Waals surface area (Å²) >= 11 is 0. The van der Waals surface area contributed by atoms with Crippen molar-refractivity contribution < 1.29 is 4.74 Å². The fourth-order valence-corrected chi connectivity index (χ4v) is 3.32. The van der Waals surface area contributed by atoms with Crippen molar-refractivity contribution in [3.63, 3.8) is 0 Å². The molecular weight excluding hydrogens is 310 g/mol. The van der Waals surface area contributed by atoms with E-state index in [0.29, 0.717) is 0 Å². The van der Waals surface area contributed by atoms with Crippen LogP contribution in [0.4, 0.5) is 0 Å². The Morgan fingerprint density at radius 3 is 2.20 bits per heavy atom. The van der Waals surface area contributed by atoms with Gasteiger partial charge in [-0.1, -0.05) is 29.8 Å². The zero-order valence-electron chi connectivity index (χ0n) is 15.0. The van der Waals surface area contributed by atoms with E-state index < -0.39 is 0 Å². The van der Waals surface area contributed by atoms with Gasteiger partial charge in [-0.3, -0.25) is 9.80 Å². The molecule has 0 N–H and O–H groups in total. The number of rotatable bonds is 5. The lowest BCUT2D eigenvalue weighted by molar-refractivity contribution is 0.121. The zero-order chi connectivity index (χ0) is 17.6. The van der Waals surface area contributed by atoms with Crippen LogP contribution < -0.4 is 4.74 Å². The monoisotopic (exact) mass is 335 g/mol. The van der Waals surface area contributed by atoms with Gasteiger partial charge in [0, 0.05) is 44.8 Å². The van der Waals surface area contributed by atoms with Crippen molar-refractivity contribution in [1.29, 1.82) is 5.26 Å². The van der Waals surface area contributed by atoms with Crippen LogP contribution in [0.5, 0.6) is 5.75 Å². The lowest BCUT2D eigenvalue weighted by atomic mass is 10.1. The van der Waals surface area contributed by atoms with Crippen LogP contribution in [0, 0.1) is 18.3 Å². The van der Waals surface area contributed by atoms with E-state index in [9.17, 15) is 0 Å². The number of hydrogen-bond donors (Lipinski definition) is 0. The van der Waals surface area contributed by atoms with Gasteiger partial charge in [-0.05, 0) is 30.7 Å². The molecule has 0 aliphatic carbocycles. The number of benzene rings is 2. The van der Waals surface area contributed by atoms with Crippen LogP contribution in [0.1, 0.15) is 22.3 Å². The fourth-order valence-electron chi connectivity index (χ4n) is 3.32. The summed E-state index contributed by atoms with van der Waals surface area (Å²) in [5.74, 6) is 0.977. The third kappa shape index (κ3) is 4.60. The third-order valence-corrected chi connectivity index (χ3v) is 4.78. The maximum absolute atomic E-state index is 8.88. The van der Waals surface area contributed by atoms with E-state index in [0.717, 1.165) is 50.6 Å². The summed E-state index contributed by atoms with van der Waals surface area (Å²) in [7, 11) is 1.74. The Bertz CT molecular complexity index is 741. The summed E-state index contributed by atoms with van der Waals surface area (Å²) in [4.78, 5) is 4.97. The Morgan fingerprint density at radius 2 is 1.60 bits per heavy atom. The maximum atomic E-state index is 8.88. The minimum atomic E-state index is 0.723. The molecule has 1 saturated heterocycles. The van der Waals surface area contributed by atoms with Crippen LogP contribution in [0.2, 0.25) is 0 Å². The highest BCUT2D eigenvalue weighted by molar-refractivity contribution is 5.37. The van der Waals surface area contributed by atoms with E-state index in [4.69, 9.17) is 10.00 Å². The van der Waals surface area contributed by atoms with Crippen molar-refractivity contribution in [2.75, 3.05) is 33.3 Å². The summed E-state index contributed by atoms with van der Waals surface area (Å²) in [6.07, 6.45) is 0. The summed E-state index contributed by atoms with van der Waals surface area (Å²) in [6, 6.07) is 16.5. The Balaban J connectivity index is 1.53. The molecule has 1 heterocycles. The molecule has 0 radical (unpaired) electrons. The van der Waals surface area contributed by atoms with Gasteiger partial charge in [-0.2, -0.15) is 5.26 Å². The van der Waals surface area contributed by atoms with E-state index in [1.54, 1.807) is 7.11 Å². The fraction of sp³-hybridized carbons (Fsp3) is 0.381. The summed E-state index contributed by atoms with van der Waals surface area (Å²) in [5.41, 5.74) is 4.53. The van der Waals surface area contributed by atoms with Gasteiger partial charge in [-0.15, -0.1) is 0 Å². The van der Waals surface area contributed by atoms with Crippen molar-refractivity contribution in [3.05, 3.63) is 64.7 Å². The number of hydrogen-bond acceptors (Lipinski definition) is 4. The highest BCUT2D eigenvalue weighted by Gasteiger charge is 2.18. The quantitative estimate of drug-likeness (QED) is 0.841. The highest BCUT2D eigenvalue weighted by Crippen LogP contribution is 2.22. The first-order valence-corrected chi connectivity index (χ1v) is 8.75. The SMILES string of the molecule is COc1ccc(C)cc1CN1CCN(Cc2ccc(C#N)cc2)CC1. The second-order valence-corrected chi connectivity index (χ2v) is 6.68. The number of nitrogens with zero attached hydrogens (tertiary/aromatic N) is 3. The Morgan fingerprint density at radius 1 is 0.960 bits per heavy atom. The lowest BCUT2D eigenvalue weighted by Gasteiger charge is -2.35. The zero-order valence-corrected chi connectivity index (χ0v) is 15.0. The largest absolute Gasteiger partial charge is 0.496 e. The van der Waals surface area contributed by atoms with Crippen LogP contribution >= 0.6 is 0 Å². The minimum absolute atomic E-state index is 0.723. The number of nitriles is 1. The van der Waals surface area contributed by atoms with Gasteiger partial charge >= 0.3 is 0 Å². The molecule has 0 atom stereocenters. The summed E-state index contributed by atoms with van der Waals surface area (Å²) < 4.78 is 5.50. The molecular formula is C21H25N3O. The smallest absolute Gasteiger partial charge is 0.123 e. The molecule has 0 aromatic heterocycles. The molecule has 25 heavy (non-hydrogen) atoms. The van der Waals surface area contributed by atoms with E-state index in [2.05, 4.69) is 53.1 Å². The molecule has 0 spiro atoms. The van der Waals surface area contributed by atoms with Crippen molar-refractivity contribution in [2.45, 2.75) is 20.0 Å².